The maximum Gasteiger partial charge on any atom is 0.214 e. The van der Waals surface area contributed by atoms with Crippen LogP contribution < -0.4 is 4.90 Å². The average molecular weight is 252 g/mol. The molecule has 0 spiro atoms. The van der Waals surface area contributed by atoms with E-state index in [1.54, 1.807) is 0 Å². The highest BCUT2D eigenvalue weighted by molar-refractivity contribution is 5.45. The monoisotopic (exact) mass is 252 g/mol. The Morgan fingerprint density at radius 2 is 2.00 bits per heavy atom. The van der Waals surface area contributed by atoms with E-state index in [0.29, 0.717) is 0 Å². The number of likely N-dealkylation sites (N-methyl/N-ethyl adjacent to an activating group) is 1. The van der Waals surface area contributed by atoms with Crippen molar-refractivity contribution in [3.63, 3.8) is 0 Å². The molecule has 5 heteroatoms. The van der Waals surface area contributed by atoms with Gasteiger partial charge in [0.1, 0.15) is 0 Å². The Hall–Kier alpha value is -1.20. The van der Waals surface area contributed by atoms with Crippen molar-refractivity contribution < 1.29 is 4.39 Å². The number of anilines is 1. The molecule has 1 aliphatic rings. The Morgan fingerprint density at radius 3 is 2.61 bits per heavy atom. The summed E-state index contributed by atoms with van der Waals surface area (Å²) < 4.78 is 13.1. The van der Waals surface area contributed by atoms with Gasteiger partial charge in [-0.25, -0.2) is 4.98 Å². The largest absolute Gasteiger partial charge is 0.369 e. The van der Waals surface area contributed by atoms with E-state index in [1.807, 2.05) is 6.07 Å². The highest BCUT2D eigenvalue weighted by atomic mass is 19.1. The van der Waals surface area contributed by atoms with Gasteiger partial charge >= 0.3 is 0 Å². The van der Waals surface area contributed by atoms with Crippen molar-refractivity contribution in [2.24, 2.45) is 0 Å². The fourth-order valence-corrected chi connectivity index (χ4v) is 2.16. The van der Waals surface area contributed by atoms with E-state index >= 15 is 0 Å². The van der Waals surface area contributed by atoms with E-state index in [4.69, 9.17) is 0 Å². The number of pyridine rings is 1. The molecule has 4 nitrogen and oxygen atoms in total. The van der Waals surface area contributed by atoms with Crippen LogP contribution in [0.3, 0.4) is 0 Å². The Balaban J connectivity index is 1.83. The van der Waals surface area contributed by atoms with E-state index in [-0.39, 0.29) is 0 Å². The van der Waals surface area contributed by atoms with Gasteiger partial charge in [0.15, 0.2) is 0 Å². The Kier molecular flexibility index (Phi) is 4.49. The van der Waals surface area contributed by atoms with Crippen molar-refractivity contribution in [1.29, 1.82) is 0 Å². The summed E-state index contributed by atoms with van der Waals surface area (Å²) in [5.74, 6) is -0.400. The van der Waals surface area contributed by atoms with Crippen LogP contribution in [0, 0.1) is 5.95 Å². The zero-order valence-corrected chi connectivity index (χ0v) is 11.1. The van der Waals surface area contributed by atoms with Crippen LogP contribution in [0.2, 0.25) is 0 Å². The minimum absolute atomic E-state index is 0.400. The molecule has 0 saturated carbocycles. The summed E-state index contributed by atoms with van der Waals surface area (Å²) in [6, 6.07) is 3.38. The molecule has 1 aromatic heterocycles. The highest BCUT2D eigenvalue weighted by Gasteiger charge is 2.17. The summed E-state index contributed by atoms with van der Waals surface area (Å²) >= 11 is 0. The first-order valence-corrected chi connectivity index (χ1v) is 6.39. The van der Waals surface area contributed by atoms with E-state index in [9.17, 15) is 4.39 Å². The summed E-state index contributed by atoms with van der Waals surface area (Å²) in [5, 5.41) is 0. The Morgan fingerprint density at radius 1 is 1.28 bits per heavy atom. The normalized spacial score (nSPS) is 17.4. The standard InChI is InChI=1S/C13H21FN4/c1-16(2)5-6-17-7-9-18(10-8-17)12-3-4-15-13(14)11-12/h3-4,11H,5-10H2,1-2H3. The Bertz CT molecular complexity index is 375. The molecule has 0 amide bonds. The van der Waals surface area contributed by atoms with Crippen LogP contribution in [0.4, 0.5) is 10.1 Å². The van der Waals surface area contributed by atoms with Crippen molar-refractivity contribution >= 4 is 5.69 Å². The molecular weight excluding hydrogens is 231 g/mol. The number of nitrogens with zero attached hydrogens (tertiary/aromatic N) is 4. The van der Waals surface area contributed by atoms with E-state index in [1.165, 1.54) is 12.3 Å². The maximum absolute atomic E-state index is 13.1. The van der Waals surface area contributed by atoms with Crippen molar-refractivity contribution in [2.75, 3.05) is 58.3 Å². The molecule has 0 aliphatic carbocycles. The number of hydrogen-bond donors (Lipinski definition) is 0. The molecule has 0 bridgehead atoms. The van der Waals surface area contributed by atoms with Gasteiger partial charge in [0.2, 0.25) is 5.95 Å². The molecule has 2 heterocycles. The molecule has 1 saturated heterocycles. The van der Waals surface area contributed by atoms with Crippen molar-refractivity contribution in [1.82, 2.24) is 14.8 Å². The van der Waals surface area contributed by atoms with E-state index in [2.05, 4.69) is 33.8 Å². The van der Waals surface area contributed by atoms with Crippen LogP contribution in [0.1, 0.15) is 0 Å². The lowest BCUT2D eigenvalue weighted by atomic mass is 10.2. The van der Waals surface area contributed by atoms with E-state index in [0.717, 1.165) is 45.0 Å². The molecule has 100 valence electrons. The molecule has 0 N–H and O–H groups in total. The van der Waals surface area contributed by atoms with Crippen LogP contribution in [0.5, 0.6) is 0 Å². The highest BCUT2D eigenvalue weighted by Crippen LogP contribution is 2.16. The fraction of sp³-hybridized carbons (Fsp3) is 0.615. The van der Waals surface area contributed by atoms with Crippen molar-refractivity contribution in [2.45, 2.75) is 0 Å². The molecule has 1 fully saturated rings. The third-order valence-electron chi connectivity index (χ3n) is 3.31. The first kappa shape index (κ1) is 13.2. The van der Waals surface area contributed by atoms with Gasteiger partial charge in [-0.2, -0.15) is 4.39 Å². The van der Waals surface area contributed by atoms with Gasteiger partial charge in [0.05, 0.1) is 0 Å². The minimum Gasteiger partial charge on any atom is -0.369 e. The molecule has 0 atom stereocenters. The zero-order chi connectivity index (χ0) is 13.0. The first-order chi connectivity index (χ1) is 8.65. The SMILES string of the molecule is CN(C)CCN1CCN(c2ccnc(F)c2)CC1. The average Bonchev–Trinajstić information content (AvgIpc) is 2.37. The minimum atomic E-state index is -0.400. The quantitative estimate of drug-likeness (QED) is 0.743. The van der Waals surface area contributed by atoms with Gasteiger partial charge in [-0.3, -0.25) is 4.90 Å². The lowest BCUT2D eigenvalue weighted by molar-refractivity contribution is 0.229. The first-order valence-electron chi connectivity index (χ1n) is 6.39. The second-order valence-electron chi connectivity index (χ2n) is 4.97. The Labute approximate surface area is 108 Å². The van der Waals surface area contributed by atoms with Gasteiger partial charge in [-0.05, 0) is 20.2 Å². The molecule has 2 rings (SSSR count). The zero-order valence-electron chi connectivity index (χ0n) is 11.1. The number of aromatic nitrogens is 1. The maximum atomic E-state index is 13.1. The third-order valence-corrected chi connectivity index (χ3v) is 3.31. The van der Waals surface area contributed by atoms with Gasteiger partial charge < -0.3 is 9.80 Å². The van der Waals surface area contributed by atoms with Crippen LogP contribution >= 0.6 is 0 Å². The van der Waals surface area contributed by atoms with Crippen LogP contribution in [-0.4, -0.2) is 68.1 Å². The number of halogens is 1. The molecule has 0 radical (unpaired) electrons. The summed E-state index contributed by atoms with van der Waals surface area (Å²) in [4.78, 5) is 10.5. The van der Waals surface area contributed by atoms with Gasteiger partial charge in [-0.1, -0.05) is 0 Å². The lowest BCUT2D eigenvalue weighted by Crippen LogP contribution is -2.48. The van der Waals surface area contributed by atoms with E-state index < -0.39 is 5.95 Å². The van der Waals surface area contributed by atoms with Crippen LogP contribution in [-0.2, 0) is 0 Å². The smallest absolute Gasteiger partial charge is 0.214 e. The van der Waals surface area contributed by atoms with Crippen LogP contribution in [0.15, 0.2) is 18.3 Å². The topological polar surface area (TPSA) is 22.6 Å². The predicted molar refractivity (Wildman–Crippen MR) is 71.4 cm³/mol. The summed E-state index contributed by atoms with van der Waals surface area (Å²) in [7, 11) is 4.19. The fourth-order valence-electron chi connectivity index (χ4n) is 2.16. The molecular formula is C13H21FN4. The lowest BCUT2D eigenvalue weighted by Gasteiger charge is -2.36. The third kappa shape index (κ3) is 3.65. The number of piperazine rings is 1. The molecule has 1 aliphatic heterocycles. The molecule has 0 aromatic carbocycles. The summed E-state index contributed by atoms with van der Waals surface area (Å²) in [6.45, 7) is 6.18. The molecule has 1 aromatic rings. The summed E-state index contributed by atoms with van der Waals surface area (Å²) in [6.07, 6.45) is 1.53. The summed E-state index contributed by atoms with van der Waals surface area (Å²) in [5.41, 5.74) is 0.940. The van der Waals surface area contributed by atoms with Gasteiger partial charge in [0.25, 0.3) is 0 Å². The molecule has 0 unspecified atom stereocenters. The number of hydrogen-bond acceptors (Lipinski definition) is 4. The molecule has 18 heavy (non-hydrogen) atoms. The van der Waals surface area contributed by atoms with Crippen molar-refractivity contribution in [3.8, 4) is 0 Å². The van der Waals surface area contributed by atoms with Gasteiger partial charge in [-0.15, -0.1) is 0 Å². The second-order valence-corrected chi connectivity index (χ2v) is 4.97. The second kappa shape index (κ2) is 6.11. The van der Waals surface area contributed by atoms with Crippen LogP contribution in [0.25, 0.3) is 0 Å². The predicted octanol–water partition coefficient (Wildman–Crippen LogP) is 0.904. The van der Waals surface area contributed by atoms with Gasteiger partial charge in [0, 0.05) is 57.2 Å². The number of rotatable bonds is 4. The van der Waals surface area contributed by atoms with Crippen molar-refractivity contribution in [3.05, 3.63) is 24.3 Å².